The van der Waals surface area contributed by atoms with Gasteiger partial charge < -0.3 is 9.80 Å². The average Bonchev–Trinajstić information content (AvgIpc) is 3.39. The molecule has 2 aromatic heterocycles. The molecule has 0 saturated carbocycles. The van der Waals surface area contributed by atoms with Crippen LogP contribution < -0.4 is 4.90 Å². The normalized spacial score (nSPS) is 13.7. The van der Waals surface area contributed by atoms with Crippen LogP contribution in [0.2, 0.25) is 0 Å². The number of nitrogens with zero attached hydrogens (tertiary/aromatic N) is 6. The second-order valence-corrected chi connectivity index (χ2v) is 9.79. The van der Waals surface area contributed by atoms with Crippen LogP contribution in [0.1, 0.15) is 22.5 Å². The Morgan fingerprint density at radius 2 is 1.47 bits per heavy atom. The zero-order valence-electron chi connectivity index (χ0n) is 21.5. The molecule has 0 aliphatic carbocycles. The Balaban J connectivity index is 1.29. The lowest BCUT2D eigenvalue weighted by Crippen LogP contribution is -2.49. The number of carbonyl (C=O) groups is 1. The molecule has 0 atom stereocenters. The molecule has 0 bridgehead atoms. The summed E-state index contributed by atoms with van der Waals surface area (Å²) in [6.45, 7) is 4.85. The third-order valence-corrected chi connectivity index (χ3v) is 7.07. The molecule has 5 aromatic rings. The summed E-state index contributed by atoms with van der Waals surface area (Å²) in [5.41, 5.74) is 5.21. The number of hydrogen-bond acceptors (Lipinski definition) is 5. The van der Waals surface area contributed by atoms with Crippen molar-refractivity contribution in [2.75, 3.05) is 31.1 Å². The minimum Gasteiger partial charge on any atom is -0.352 e. The number of amides is 1. The molecular formula is C31H30N6O. The van der Waals surface area contributed by atoms with Gasteiger partial charge in [0.25, 0.3) is 0 Å². The maximum atomic E-state index is 12.9. The first-order valence-corrected chi connectivity index (χ1v) is 13.1. The van der Waals surface area contributed by atoms with Crippen LogP contribution in [-0.4, -0.2) is 56.7 Å². The van der Waals surface area contributed by atoms with Gasteiger partial charge in [0.15, 0.2) is 5.65 Å². The third-order valence-electron chi connectivity index (χ3n) is 7.07. The van der Waals surface area contributed by atoms with Gasteiger partial charge in [-0.05, 0) is 30.2 Å². The molecule has 0 N–H and O–H groups in total. The molecule has 1 saturated heterocycles. The molecule has 0 radical (unpaired) electrons. The molecule has 3 heterocycles. The number of piperazine rings is 1. The molecule has 1 aliphatic rings. The van der Waals surface area contributed by atoms with E-state index >= 15 is 0 Å². The minimum absolute atomic E-state index is 0.167. The van der Waals surface area contributed by atoms with Crippen molar-refractivity contribution in [3.8, 4) is 5.69 Å². The third kappa shape index (κ3) is 5.00. The van der Waals surface area contributed by atoms with E-state index in [-0.39, 0.29) is 5.91 Å². The number of benzene rings is 3. The molecular weight excluding hydrogens is 472 g/mol. The highest BCUT2D eigenvalue weighted by atomic mass is 16.2. The van der Waals surface area contributed by atoms with E-state index in [0.717, 1.165) is 33.9 Å². The monoisotopic (exact) mass is 502 g/mol. The van der Waals surface area contributed by atoms with Crippen LogP contribution in [0.3, 0.4) is 0 Å². The lowest BCUT2D eigenvalue weighted by atomic mass is 10.1. The average molecular weight is 503 g/mol. The summed E-state index contributed by atoms with van der Waals surface area (Å²) >= 11 is 0. The maximum Gasteiger partial charge on any atom is 0.227 e. The van der Waals surface area contributed by atoms with Crippen molar-refractivity contribution >= 4 is 22.8 Å². The van der Waals surface area contributed by atoms with E-state index in [2.05, 4.69) is 36.1 Å². The molecule has 7 nitrogen and oxygen atoms in total. The van der Waals surface area contributed by atoms with Crippen LogP contribution in [0.25, 0.3) is 16.7 Å². The van der Waals surface area contributed by atoms with Crippen molar-refractivity contribution in [3.63, 3.8) is 0 Å². The quantitative estimate of drug-likeness (QED) is 0.339. The molecule has 190 valence electrons. The fourth-order valence-corrected chi connectivity index (χ4v) is 4.95. The summed E-state index contributed by atoms with van der Waals surface area (Å²) in [5, 5.41) is 5.62. The first kappa shape index (κ1) is 23.9. The van der Waals surface area contributed by atoms with E-state index < -0.39 is 0 Å². The number of fused-ring (bicyclic) bond motifs is 1. The van der Waals surface area contributed by atoms with E-state index in [0.29, 0.717) is 39.0 Å². The fraction of sp³-hybridized carbons (Fsp3) is 0.226. The van der Waals surface area contributed by atoms with E-state index in [1.165, 1.54) is 11.1 Å². The smallest absolute Gasteiger partial charge is 0.227 e. The van der Waals surface area contributed by atoms with Crippen LogP contribution >= 0.6 is 0 Å². The number of aromatic nitrogens is 4. The fourth-order valence-electron chi connectivity index (χ4n) is 4.95. The zero-order valence-corrected chi connectivity index (χ0v) is 21.5. The van der Waals surface area contributed by atoms with Gasteiger partial charge in [0.2, 0.25) is 5.91 Å². The predicted molar refractivity (Wildman–Crippen MR) is 150 cm³/mol. The molecule has 38 heavy (non-hydrogen) atoms. The maximum absolute atomic E-state index is 12.9. The topological polar surface area (TPSA) is 67.2 Å². The van der Waals surface area contributed by atoms with Crippen molar-refractivity contribution in [2.45, 2.75) is 19.8 Å². The predicted octanol–water partition coefficient (Wildman–Crippen LogP) is 4.61. The standard InChI is InChI=1S/C31H30N6O/c1-23-12-14-25(15-13-23)20-28-33-30(27-22-32-37(31(27)34-28)26-10-6-3-7-11-26)36-18-16-35(17-19-36)29(38)21-24-8-4-2-5-9-24/h2-15,22H,16-21H2,1H3. The Labute approximate surface area is 222 Å². The van der Waals surface area contributed by atoms with Crippen molar-refractivity contribution < 1.29 is 4.79 Å². The molecule has 7 heteroatoms. The second kappa shape index (κ2) is 10.5. The second-order valence-electron chi connectivity index (χ2n) is 9.79. The highest BCUT2D eigenvalue weighted by molar-refractivity contribution is 5.88. The summed E-state index contributed by atoms with van der Waals surface area (Å²) in [6, 6.07) is 28.5. The van der Waals surface area contributed by atoms with Gasteiger partial charge in [-0.3, -0.25) is 4.79 Å². The summed E-state index contributed by atoms with van der Waals surface area (Å²) in [6.07, 6.45) is 2.93. The minimum atomic E-state index is 0.167. The van der Waals surface area contributed by atoms with Gasteiger partial charge in [-0.25, -0.2) is 14.6 Å². The zero-order chi connectivity index (χ0) is 25.9. The van der Waals surface area contributed by atoms with Gasteiger partial charge in [-0.2, -0.15) is 5.10 Å². The molecule has 0 unspecified atom stereocenters. The van der Waals surface area contributed by atoms with E-state index in [4.69, 9.17) is 15.1 Å². The SMILES string of the molecule is Cc1ccc(Cc2nc(N3CCN(C(=O)Cc4ccccc4)CC3)c3cnn(-c4ccccc4)c3n2)cc1. The first-order chi connectivity index (χ1) is 18.6. The number of para-hydroxylation sites is 1. The Kier molecular flexibility index (Phi) is 6.56. The van der Waals surface area contributed by atoms with Crippen LogP contribution in [0.4, 0.5) is 5.82 Å². The van der Waals surface area contributed by atoms with E-state index in [1.54, 1.807) is 0 Å². The summed E-state index contributed by atoms with van der Waals surface area (Å²) in [4.78, 5) is 27.2. The Bertz CT molecular complexity index is 1540. The van der Waals surface area contributed by atoms with Crippen LogP contribution in [0.5, 0.6) is 0 Å². The molecule has 1 aliphatic heterocycles. The molecule has 0 spiro atoms. The van der Waals surface area contributed by atoms with Gasteiger partial charge in [-0.1, -0.05) is 78.4 Å². The van der Waals surface area contributed by atoms with Crippen molar-refractivity contribution in [3.05, 3.63) is 114 Å². The number of aryl methyl sites for hydroxylation is 1. The van der Waals surface area contributed by atoms with Crippen LogP contribution in [0.15, 0.2) is 91.1 Å². The molecule has 6 rings (SSSR count). The Morgan fingerprint density at radius 1 is 0.789 bits per heavy atom. The number of carbonyl (C=O) groups excluding carboxylic acids is 1. The Hall–Kier alpha value is -4.52. The number of rotatable bonds is 6. The largest absolute Gasteiger partial charge is 0.352 e. The summed E-state index contributed by atoms with van der Waals surface area (Å²) < 4.78 is 1.89. The molecule has 1 fully saturated rings. The lowest BCUT2D eigenvalue weighted by molar-refractivity contribution is -0.130. The highest BCUT2D eigenvalue weighted by Crippen LogP contribution is 2.27. The van der Waals surface area contributed by atoms with Gasteiger partial charge in [0.05, 0.1) is 23.7 Å². The number of anilines is 1. The molecule has 3 aromatic carbocycles. The first-order valence-electron chi connectivity index (χ1n) is 13.1. The van der Waals surface area contributed by atoms with E-state index in [1.807, 2.05) is 76.4 Å². The summed E-state index contributed by atoms with van der Waals surface area (Å²) in [7, 11) is 0. The molecule has 1 amide bonds. The van der Waals surface area contributed by atoms with Crippen LogP contribution in [-0.2, 0) is 17.6 Å². The lowest BCUT2D eigenvalue weighted by Gasteiger charge is -2.35. The summed E-state index contributed by atoms with van der Waals surface area (Å²) in [5.74, 6) is 1.81. The highest BCUT2D eigenvalue weighted by Gasteiger charge is 2.25. The van der Waals surface area contributed by atoms with Gasteiger partial charge in [0.1, 0.15) is 11.6 Å². The van der Waals surface area contributed by atoms with Gasteiger partial charge >= 0.3 is 0 Å². The Morgan fingerprint density at radius 3 is 2.18 bits per heavy atom. The van der Waals surface area contributed by atoms with E-state index in [9.17, 15) is 4.79 Å². The van der Waals surface area contributed by atoms with Crippen molar-refractivity contribution in [2.24, 2.45) is 0 Å². The van der Waals surface area contributed by atoms with Gasteiger partial charge in [0, 0.05) is 32.6 Å². The van der Waals surface area contributed by atoms with Crippen molar-refractivity contribution in [1.29, 1.82) is 0 Å². The van der Waals surface area contributed by atoms with Crippen molar-refractivity contribution in [1.82, 2.24) is 24.6 Å². The van der Waals surface area contributed by atoms with Gasteiger partial charge in [-0.15, -0.1) is 0 Å². The number of hydrogen-bond donors (Lipinski definition) is 0. The van der Waals surface area contributed by atoms with Crippen LogP contribution in [0, 0.1) is 6.92 Å².